The van der Waals surface area contributed by atoms with E-state index in [0.29, 0.717) is 33.6 Å². The molecule has 6 nitrogen and oxygen atoms in total. The average molecular weight is 492 g/mol. The van der Waals surface area contributed by atoms with Crippen molar-refractivity contribution in [1.29, 1.82) is 0 Å². The first-order valence-electron chi connectivity index (χ1n) is 8.74. The Hall–Kier alpha value is -2.29. The molecule has 4 rings (SSSR count). The van der Waals surface area contributed by atoms with E-state index in [9.17, 15) is 9.59 Å². The van der Waals surface area contributed by atoms with Crippen LogP contribution in [-0.4, -0.2) is 19.1 Å². The monoisotopic (exact) mass is 490 g/mol. The van der Waals surface area contributed by atoms with Gasteiger partial charge in [-0.25, -0.2) is 9.78 Å². The molecule has 0 spiro atoms. The third kappa shape index (κ3) is 4.05. The number of nitrogens with one attached hydrogen (secondary N) is 1. The highest BCUT2D eigenvalue weighted by Gasteiger charge is 2.18. The molecule has 0 saturated heterocycles. The molecule has 0 aliphatic carbocycles. The minimum Gasteiger partial charge on any atom is -0.309 e. The van der Waals surface area contributed by atoms with Gasteiger partial charge in [0.25, 0.3) is 5.56 Å². The van der Waals surface area contributed by atoms with E-state index in [0.717, 1.165) is 15.6 Å². The minimum absolute atomic E-state index is 0.357. The van der Waals surface area contributed by atoms with E-state index < -0.39 is 11.2 Å². The van der Waals surface area contributed by atoms with Gasteiger partial charge in [0.15, 0.2) is 16.3 Å². The molecule has 0 bridgehead atoms. The first kappa shape index (κ1) is 20.0. The zero-order chi connectivity index (χ0) is 20.5. The predicted molar refractivity (Wildman–Crippen MR) is 120 cm³/mol. The molecule has 2 aromatic heterocycles. The van der Waals surface area contributed by atoms with Crippen LogP contribution < -0.4 is 11.2 Å². The lowest BCUT2D eigenvalue weighted by Gasteiger charge is -2.10. The molecule has 0 fully saturated rings. The third-order valence-electron chi connectivity index (χ3n) is 4.52. The van der Waals surface area contributed by atoms with Crippen LogP contribution in [-0.2, 0) is 19.3 Å². The Morgan fingerprint density at radius 1 is 1.17 bits per heavy atom. The number of aromatic amines is 1. The number of hydrogen-bond donors (Lipinski definition) is 1. The van der Waals surface area contributed by atoms with Gasteiger partial charge in [0.1, 0.15) is 0 Å². The number of fused-ring (bicyclic) bond motifs is 1. The Kier molecular flexibility index (Phi) is 5.67. The van der Waals surface area contributed by atoms with Gasteiger partial charge >= 0.3 is 5.69 Å². The standard InChI is InChI=1S/C20H16BrClN4O2S/c1-25-17-16(18(27)24-19(25)28)26(10-12-5-4-7-14(21)9-12)20(23-17)29-11-13-6-2-3-8-15(13)22/h2-9H,10-11H2,1H3,(H,24,27,28). The van der Waals surface area contributed by atoms with Gasteiger partial charge in [-0.3, -0.25) is 14.3 Å². The number of aryl methyl sites for hydroxylation is 1. The van der Waals surface area contributed by atoms with Crippen LogP contribution in [0.15, 0.2) is 67.7 Å². The normalized spacial score (nSPS) is 11.3. The van der Waals surface area contributed by atoms with E-state index in [4.69, 9.17) is 11.6 Å². The summed E-state index contributed by atoms with van der Waals surface area (Å²) in [4.78, 5) is 31.6. The lowest BCUT2D eigenvalue weighted by atomic mass is 10.2. The maximum absolute atomic E-state index is 12.6. The smallest absolute Gasteiger partial charge is 0.309 e. The number of halogens is 2. The summed E-state index contributed by atoms with van der Waals surface area (Å²) in [5.74, 6) is 0.591. The first-order valence-corrected chi connectivity index (χ1v) is 10.9. The second-order valence-electron chi connectivity index (χ2n) is 6.48. The van der Waals surface area contributed by atoms with E-state index in [1.54, 1.807) is 7.05 Å². The summed E-state index contributed by atoms with van der Waals surface area (Å²) in [5, 5.41) is 1.33. The summed E-state index contributed by atoms with van der Waals surface area (Å²) in [6.45, 7) is 0.447. The van der Waals surface area contributed by atoms with Crippen molar-refractivity contribution in [1.82, 2.24) is 19.1 Å². The summed E-state index contributed by atoms with van der Waals surface area (Å²) >= 11 is 11.2. The number of rotatable bonds is 5. The van der Waals surface area contributed by atoms with Gasteiger partial charge in [0.05, 0.1) is 6.54 Å². The second kappa shape index (κ2) is 8.22. The summed E-state index contributed by atoms with van der Waals surface area (Å²) in [6, 6.07) is 15.5. The van der Waals surface area contributed by atoms with Crippen LogP contribution in [0.5, 0.6) is 0 Å². The summed E-state index contributed by atoms with van der Waals surface area (Å²) in [5.41, 5.74) is 1.77. The molecule has 1 N–H and O–H groups in total. The average Bonchev–Trinajstić information content (AvgIpc) is 3.04. The van der Waals surface area contributed by atoms with Crippen molar-refractivity contribution >= 4 is 50.5 Å². The Morgan fingerprint density at radius 3 is 2.72 bits per heavy atom. The van der Waals surface area contributed by atoms with Crippen molar-refractivity contribution in [3.05, 3.63) is 90.0 Å². The number of thioether (sulfide) groups is 1. The molecule has 0 aliphatic heterocycles. The molecule has 4 aromatic rings. The van der Waals surface area contributed by atoms with Gasteiger partial charge in [0, 0.05) is 22.3 Å². The molecule has 0 saturated carbocycles. The summed E-state index contributed by atoms with van der Waals surface area (Å²) in [7, 11) is 1.60. The van der Waals surface area contributed by atoms with Crippen LogP contribution in [0, 0.1) is 0 Å². The number of benzene rings is 2. The van der Waals surface area contributed by atoms with Crippen LogP contribution in [0.4, 0.5) is 0 Å². The largest absolute Gasteiger partial charge is 0.329 e. The summed E-state index contributed by atoms with van der Waals surface area (Å²) in [6.07, 6.45) is 0. The number of H-pyrrole nitrogens is 1. The Bertz CT molecular complexity index is 1330. The van der Waals surface area contributed by atoms with Crippen LogP contribution in [0.25, 0.3) is 11.2 Å². The maximum atomic E-state index is 12.6. The van der Waals surface area contributed by atoms with E-state index in [-0.39, 0.29) is 0 Å². The zero-order valence-corrected chi connectivity index (χ0v) is 18.5. The lowest BCUT2D eigenvalue weighted by Crippen LogP contribution is -2.29. The Balaban J connectivity index is 1.82. The van der Waals surface area contributed by atoms with Gasteiger partial charge in [-0.05, 0) is 29.3 Å². The zero-order valence-electron chi connectivity index (χ0n) is 15.4. The highest BCUT2D eigenvalue weighted by atomic mass is 79.9. The molecule has 9 heteroatoms. The van der Waals surface area contributed by atoms with Crippen molar-refractivity contribution < 1.29 is 0 Å². The Labute approximate surface area is 183 Å². The molecule has 0 amide bonds. The van der Waals surface area contributed by atoms with E-state index >= 15 is 0 Å². The molecule has 0 unspecified atom stereocenters. The quantitative estimate of drug-likeness (QED) is 0.425. The molecule has 0 atom stereocenters. The van der Waals surface area contributed by atoms with Gasteiger partial charge in [0.2, 0.25) is 0 Å². The third-order valence-corrected chi connectivity index (χ3v) is 6.40. The maximum Gasteiger partial charge on any atom is 0.329 e. The van der Waals surface area contributed by atoms with Crippen LogP contribution in [0.1, 0.15) is 11.1 Å². The predicted octanol–water partition coefficient (Wildman–Crippen LogP) is 4.18. The van der Waals surface area contributed by atoms with Crippen molar-refractivity contribution in [2.45, 2.75) is 17.5 Å². The van der Waals surface area contributed by atoms with Crippen LogP contribution >= 0.6 is 39.3 Å². The molecule has 2 heterocycles. The highest BCUT2D eigenvalue weighted by molar-refractivity contribution is 9.10. The lowest BCUT2D eigenvalue weighted by molar-refractivity contribution is 0.727. The minimum atomic E-state index is -0.489. The SMILES string of the molecule is Cn1c(=O)[nH]c(=O)c2c1nc(SCc1ccccc1Cl)n2Cc1cccc(Br)c1. The number of hydrogen-bond acceptors (Lipinski definition) is 4. The van der Waals surface area contributed by atoms with Gasteiger partial charge in [-0.1, -0.05) is 69.6 Å². The highest BCUT2D eigenvalue weighted by Crippen LogP contribution is 2.28. The molecule has 148 valence electrons. The van der Waals surface area contributed by atoms with Gasteiger partial charge in [-0.15, -0.1) is 0 Å². The number of aromatic nitrogens is 4. The fourth-order valence-electron chi connectivity index (χ4n) is 3.05. The Morgan fingerprint density at radius 2 is 1.97 bits per heavy atom. The molecule has 29 heavy (non-hydrogen) atoms. The number of imidazole rings is 1. The van der Waals surface area contributed by atoms with E-state index in [1.165, 1.54) is 16.3 Å². The van der Waals surface area contributed by atoms with E-state index in [1.807, 2.05) is 53.1 Å². The van der Waals surface area contributed by atoms with Crippen molar-refractivity contribution in [2.75, 3.05) is 0 Å². The number of nitrogens with zero attached hydrogens (tertiary/aromatic N) is 3. The van der Waals surface area contributed by atoms with Crippen LogP contribution in [0.3, 0.4) is 0 Å². The van der Waals surface area contributed by atoms with Crippen molar-refractivity contribution in [3.8, 4) is 0 Å². The van der Waals surface area contributed by atoms with Crippen molar-refractivity contribution in [3.63, 3.8) is 0 Å². The fourth-order valence-corrected chi connectivity index (χ4v) is 4.77. The molecular weight excluding hydrogens is 476 g/mol. The van der Waals surface area contributed by atoms with Gasteiger partial charge in [-0.2, -0.15) is 0 Å². The van der Waals surface area contributed by atoms with Crippen molar-refractivity contribution in [2.24, 2.45) is 7.05 Å². The van der Waals surface area contributed by atoms with Crippen LogP contribution in [0.2, 0.25) is 5.02 Å². The summed E-state index contributed by atoms with van der Waals surface area (Å²) < 4.78 is 4.15. The molecule has 2 aromatic carbocycles. The molecule has 0 radical (unpaired) electrons. The molecule has 0 aliphatic rings. The van der Waals surface area contributed by atoms with Gasteiger partial charge < -0.3 is 4.57 Å². The topological polar surface area (TPSA) is 72.7 Å². The van der Waals surface area contributed by atoms with E-state index in [2.05, 4.69) is 25.9 Å². The first-order chi connectivity index (χ1) is 13.9. The second-order valence-corrected chi connectivity index (χ2v) is 8.75. The fraction of sp³-hybridized carbons (Fsp3) is 0.150. The molecular formula is C20H16BrClN4O2S.